The summed E-state index contributed by atoms with van der Waals surface area (Å²) in [6.07, 6.45) is 7.16. The second-order valence-corrected chi connectivity index (χ2v) is 12.8. The number of hydrogen-bond acceptors (Lipinski definition) is 7. The molecule has 6 rings (SSSR count). The number of piperazine rings is 1. The van der Waals surface area contributed by atoms with Crippen molar-refractivity contribution >= 4 is 32.5 Å². The smallest absolute Gasteiger partial charge is 0.264 e. The molecule has 2 aliphatic heterocycles. The number of carbonyl (C=O) groups is 1. The van der Waals surface area contributed by atoms with Crippen molar-refractivity contribution in [3.8, 4) is 5.75 Å². The quantitative estimate of drug-likeness (QED) is 0.441. The maximum atomic E-state index is 13.3. The van der Waals surface area contributed by atoms with E-state index in [1.807, 2.05) is 17.0 Å². The molecule has 1 N–H and O–H groups in total. The number of nitrogens with one attached hydrogen (secondary N) is 1. The topological polar surface area (TPSA) is 101 Å². The van der Waals surface area contributed by atoms with Crippen LogP contribution in [0.2, 0.25) is 0 Å². The maximum absolute atomic E-state index is 13.3. The third-order valence-electron chi connectivity index (χ3n) is 8.54. The van der Waals surface area contributed by atoms with Crippen LogP contribution in [0.5, 0.6) is 5.75 Å². The van der Waals surface area contributed by atoms with Gasteiger partial charge in [-0.05, 0) is 61.4 Å². The molecule has 0 spiro atoms. The molecule has 0 bridgehead atoms. The first-order chi connectivity index (χ1) is 19.4. The fraction of sp³-hybridized carbons (Fsp3) is 0.467. The zero-order valence-electron chi connectivity index (χ0n) is 22.8. The van der Waals surface area contributed by atoms with Crippen LogP contribution >= 0.6 is 0 Å². The predicted molar refractivity (Wildman–Crippen MR) is 153 cm³/mol. The Labute approximate surface area is 235 Å². The average molecular weight is 565 g/mol. The first-order valence-electron chi connectivity index (χ1n) is 14.1. The van der Waals surface area contributed by atoms with Gasteiger partial charge in [-0.15, -0.1) is 0 Å². The summed E-state index contributed by atoms with van der Waals surface area (Å²) in [5.74, 6) is 1.55. The Morgan fingerprint density at radius 3 is 2.65 bits per heavy atom. The van der Waals surface area contributed by atoms with Gasteiger partial charge in [-0.25, -0.2) is 8.42 Å². The lowest BCUT2D eigenvalue weighted by atomic mass is 9.79. The van der Waals surface area contributed by atoms with Crippen molar-refractivity contribution in [3.05, 3.63) is 60.3 Å². The Morgan fingerprint density at radius 1 is 1.10 bits per heavy atom. The number of anilines is 1. The summed E-state index contributed by atoms with van der Waals surface area (Å²) in [6.45, 7) is 4.87. The number of nitrogens with zero attached hydrogens (tertiary/aromatic N) is 3. The average Bonchev–Trinajstić information content (AvgIpc) is 3.39. The molecule has 3 fully saturated rings. The summed E-state index contributed by atoms with van der Waals surface area (Å²) in [7, 11) is -2.49. The number of methoxy groups -OCH3 is 1. The van der Waals surface area contributed by atoms with E-state index in [0.717, 1.165) is 44.0 Å². The van der Waals surface area contributed by atoms with E-state index in [2.05, 4.69) is 14.6 Å². The number of pyridine rings is 1. The molecular formula is C30H36N4O5S. The van der Waals surface area contributed by atoms with Crippen LogP contribution in [0.15, 0.2) is 59.6 Å². The molecule has 2 aromatic carbocycles. The number of carbonyl (C=O) groups excluding carboxylic acids is 1. The third-order valence-corrected chi connectivity index (χ3v) is 9.94. The van der Waals surface area contributed by atoms with Gasteiger partial charge in [0.2, 0.25) is 0 Å². The van der Waals surface area contributed by atoms with Crippen molar-refractivity contribution in [1.82, 2.24) is 14.8 Å². The number of ether oxygens (including phenoxy) is 2. The minimum atomic E-state index is -3.95. The summed E-state index contributed by atoms with van der Waals surface area (Å²) < 4.78 is 40.7. The summed E-state index contributed by atoms with van der Waals surface area (Å²) in [5, 5.41) is 0.729. The van der Waals surface area contributed by atoms with Crippen LogP contribution in [-0.2, 0) is 14.8 Å². The molecule has 10 heteroatoms. The minimum absolute atomic E-state index is 0.0772. The van der Waals surface area contributed by atoms with E-state index in [9.17, 15) is 13.2 Å². The first-order valence-corrected chi connectivity index (χ1v) is 15.6. The minimum Gasteiger partial charge on any atom is -0.495 e. The summed E-state index contributed by atoms with van der Waals surface area (Å²) >= 11 is 0. The van der Waals surface area contributed by atoms with Crippen LogP contribution in [0.3, 0.4) is 0 Å². The fourth-order valence-corrected chi connectivity index (χ4v) is 7.33. The Morgan fingerprint density at radius 2 is 1.90 bits per heavy atom. The van der Waals surface area contributed by atoms with E-state index in [-0.39, 0.29) is 22.2 Å². The number of hydrogen-bond donors (Lipinski definition) is 1. The Balaban J connectivity index is 1.08. The first kappa shape index (κ1) is 27.0. The molecule has 3 aromatic rings. The second kappa shape index (κ2) is 11.3. The molecule has 3 heterocycles. The largest absolute Gasteiger partial charge is 0.495 e. The Kier molecular flexibility index (Phi) is 7.65. The Hall–Kier alpha value is -3.21. The zero-order chi connectivity index (χ0) is 27.7. The van der Waals surface area contributed by atoms with Crippen LogP contribution in [0.1, 0.15) is 36.0 Å². The van der Waals surface area contributed by atoms with E-state index >= 15 is 0 Å². The lowest BCUT2D eigenvalue weighted by molar-refractivity contribution is 0.0285. The van der Waals surface area contributed by atoms with Crippen LogP contribution in [0.25, 0.3) is 10.9 Å². The van der Waals surface area contributed by atoms with Crippen LogP contribution in [-0.4, -0.2) is 81.7 Å². The van der Waals surface area contributed by atoms with E-state index in [1.165, 1.54) is 32.4 Å². The number of aromatic nitrogens is 1. The molecule has 2 atom stereocenters. The molecular weight excluding hydrogens is 528 g/mol. The molecule has 212 valence electrons. The van der Waals surface area contributed by atoms with Crippen molar-refractivity contribution in [2.75, 3.05) is 51.2 Å². The molecule has 1 aromatic heterocycles. The molecule has 9 nitrogen and oxygen atoms in total. The van der Waals surface area contributed by atoms with Gasteiger partial charge in [0.1, 0.15) is 10.6 Å². The summed E-state index contributed by atoms with van der Waals surface area (Å²) in [6, 6.07) is 13.4. The number of benzene rings is 2. The zero-order valence-corrected chi connectivity index (χ0v) is 23.6. The highest BCUT2D eigenvalue weighted by Gasteiger charge is 2.36. The maximum Gasteiger partial charge on any atom is 0.264 e. The molecule has 2 saturated heterocycles. The van der Waals surface area contributed by atoms with Crippen LogP contribution in [0.4, 0.5) is 5.69 Å². The van der Waals surface area contributed by atoms with Gasteiger partial charge in [0.05, 0.1) is 31.0 Å². The molecule has 0 radical (unpaired) electrons. The Bertz CT molecular complexity index is 1480. The monoisotopic (exact) mass is 564 g/mol. The standard InChI is InChI=1S/C30H36N4O5S/c1-38-27-18-24(10-11-25(27)32-40(36,37)28-9-3-7-23-8-4-12-31-29(23)28)30(35)34-15-13-33(14-16-34)19-21-17-26(39-20-21)22-5-2-6-22/h3-4,7-12,18,21-22,26,32H,2,5-6,13-17,19-20H2,1H3/t21-,26+/m0/s1. The molecule has 3 aliphatic rings. The summed E-state index contributed by atoms with van der Waals surface area (Å²) in [5.41, 5.74) is 1.12. The van der Waals surface area contributed by atoms with Crippen molar-refractivity contribution in [2.45, 2.75) is 36.7 Å². The third kappa shape index (κ3) is 5.53. The number of amides is 1. The number of fused-ring (bicyclic) bond motifs is 1. The van der Waals surface area contributed by atoms with Crippen molar-refractivity contribution in [1.29, 1.82) is 0 Å². The molecule has 40 heavy (non-hydrogen) atoms. The van der Waals surface area contributed by atoms with Gasteiger partial charge in [-0.1, -0.05) is 24.6 Å². The molecule has 0 unspecified atom stereocenters. The van der Waals surface area contributed by atoms with Crippen LogP contribution < -0.4 is 9.46 Å². The van der Waals surface area contributed by atoms with Crippen molar-refractivity contribution in [3.63, 3.8) is 0 Å². The van der Waals surface area contributed by atoms with E-state index in [1.54, 1.807) is 36.5 Å². The van der Waals surface area contributed by atoms with Crippen molar-refractivity contribution < 1.29 is 22.7 Å². The van der Waals surface area contributed by atoms with Gasteiger partial charge in [-0.2, -0.15) is 0 Å². The highest BCUT2D eigenvalue weighted by Crippen LogP contribution is 2.37. The molecule has 1 aliphatic carbocycles. The van der Waals surface area contributed by atoms with Gasteiger partial charge in [-0.3, -0.25) is 19.4 Å². The number of sulfonamides is 1. The lowest BCUT2D eigenvalue weighted by Crippen LogP contribution is -2.49. The van der Waals surface area contributed by atoms with Crippen molar-refractivity contribution in [2.24, 2.45) is 11.8 Å². The van der Waals surface area contributed by atoms with Gasteiger partial charge in [0.15, 0.2) is 0 Å². The van der Waals surface area contributed by atoms with E-state index in [0.29, 0.717) is 36.2 Å². The fourth-order valence-electron chi connectivity index (χ4n) is 6.07. The predicted octanol–water partition coefficient (Wildman–Crippen LogP) is 4.01. The lowest BCUT2D eigenvalue weighted by Gasteiger charge is -2.36. The summed E-state index contributed by atoms with van der Waals surface area (Å²) in [4.78, 5) is 22.0. The highest BCUT2D eigenvalue weighted by molar-refractivity contribution is 7.93. The van der Waals surface area contributed by atoms with Crippen LogP contribution in [0, 0.1) is 11.8 Å². The molecule has 1 amide bonds. The van der Waals surface area contributed by atoms with E-state index in [4.69, 9.17) is 9.47 Å². The SMILES string of the molecule is COc1cc(C(=O)N2CCN(C[C@H]3CO[C@@H](C4CCC4)C3)CC2)ccc1NS(=O)(=O)c1cccc2cccnc12. The number of rotatable bonds is 8. The van der Waals surface area contributed by atoms with Gasteiger partial charge in [0.25, 0.3) is 15.9 Å². The van der Waals surface area contributed by atoms with E-state index < -0.39 is 10.0 Å². The second-order valence-electron chi connectivity index (χ2n) is 11.1. The number of para-hydroxylation sites is 1. The van der Waals surface area contributed by atoms with Gasteiger partial charge >= 0.3 is 0 Å². The molecule has 1 saturated carbocycles. The highest BCUT2D eigenvalue weighted by atomic mass is 32.2. The normalized spacial score (nSPS) is 22.3. The van der Waals surface area contributed by atoms with Gasteiger partial charge in [0, 0.05) is 49.9 Å². The van der Waals surface area contributed by atoms with Gasteiger partial charge < -0.3 is 14.4 Å².